The van der Waals surface area contributed by atoms with Gasteiger partial charge in [-0.1, -0.05) is 30.3 Å². The van der Waals surface area contributed by atoms with E-state index in [1.54, 1.807) is 7.11 Å². The zero-order valence-electron chi connectivity index (χ0n) is 12.1. The molecule has 0 bridgehead atoms. The second-order valence-corrected chi connectivity index (χ2v) is 4.57. The number of ether oxygens (including phenoxy) is 3. The fraction of sp³-hybridized carbons (Fsp3) is 0.600. The average molecular weight is 283 g/mol. The van der Waals surface area contributed by atoms with E-state index in [1.807, 2.05) is 30.3 Å². The standard InChI is InChI=1S/C15H25NO4/c1-18-9-10-20-12-11-19-8-7-15(17,13-16)14-5-3-2-4-6-14/h2-6,17H,7-13,16H2,1H3. The van der Waals surface area contributed by atoms with Crippen LogP contribution in [0.25, 0.3) is 0 Å². The zero-order chi connectivity index (χ0) is 14.7. The Morgan fingerprint density at radius 1 is 1.00 bits per heavy atom. The molecule has 1 aromatic rings. The van der Waals surface area contributed by atoms with Gasteiger partial charge < -0.3 is 25.1 Å². The molecule has 5 nitrogen and oxygen atoms in total. The molecule has 0 aromatic heterocycles. The van der Waals surface area contributed by atoms with E-state index in [0.717, 1.165) is 5.56 Å². The van der Waals surface area contributed by atoms with Gasteiger partial charge in [-0.05, 0) is 5.56 Å². The molecular formula is C15H25NO4. The third kappa shape index (κ3) is 5.98. The monoisotopic (exact) mass is 283 g/mol. The molecule has 1 rings (SSSR count). The number of benzene rings is 1. The number of hydrogen-bond donors (Lipinski definition) is 2. The molecular weight excluding hydrogens is 258 g/mol. The quantitative estimate of drug-likeness (QED) is 0.590. The van der Waals surface area contributed by atoms with Gasteiger partial charge in [0, 0.05) is 26.7 Å². The summed E-state index contributed by atoms with van der Waals surface area (Å²) in [6.07, 6.45) is 0.464. The SMILES string of the molecule is COCCOCCOCCC(O)(CN)c1ccccc1. The van der Waals surface area contributed by atoms with Gasteiger partial charge in [-0.3, -0.25) is 0 Å². The Balaban J connectivity index is 2.22. The van der Waals surface area contributed by atoms with Crippen LogP contribution >= 0.6 is 0 Å². The van der Waals surface area contributed by atoms with Crippen LogP contribution in [0.5, 0.6) is 0 Å². The van der Waals surface area contributed by atoms with E-state index in [-0.39, 0.29) is 6.54 Å². The Labute approximate surface area is 120 Å². The van der Waals surface area contributed by atoms with Crippen LogP contribution in [0.1, 0.15) is 12.0 Å². The lowest BCUT2D eigenvalue weighted by atomic mass is 9.91. The predicted octanol–water partition coefficient (Wildman–Crippen LogP) is 0.903. The first-order chi connectivity index (χ1) is 9.73. The summed E-state index contributed by atoms with van der Waals surface area (Å²) in [4.78, 5) is 0. The van der Waals surface area contributed by atoms with Crippen LogP contribution in [0, 0.1) is 0 Å². The maximum Gasteiger partial charge on any atom is 0.104 e. The van der Waals surface area contributed by atoms with Crippen molar-refractivity contribution >= 4 is 0 Å². The van der Waals surface area contributed by atoms with Crippen molar-refractivity contribution in [2.75, 3.05) is 46.7 Å². The Bertz CT molecular complexity index is 347. The van der Waals surface area contributed by atoms with Crippen LogP contribution in [0.4, 0.5) is 0 Å². The molecule has 0 aliphatic rings. The fourth-order valence-electron chi connectivity index (χ4n) is 1.82. The molecule has 5 heteroatoms. The van der Waals surface area contributed by atoms with E-state index >= 15 is 0 Å². The maximum atomic E-state index is 10.5. The molecule has 0 fully saturated rings. The molecule has 1 aromatic carbocycles. The minimum Gasteiger partial charge on any atom is -0.384 e. The van der Waals surface area contributed by atoms with E-state index in [4.69, 9.17) is 19.9 Å². The van der Waals surface area contributed by atoms with Crippen LogP contribution < -0.4 is 5.73 Å². The number of aliphatic hydroxyl groups is 1. The molecule has 0 radical (unpaired) electrons. The largest absolute Gasteiger partial charge is 0.384 e. The average Bonchev–Trinajstić information content (AvgIpc) is 2.50. The van der Waals surface area contributed by atoms with Crippen molar-refractivity contribution in [3.05, 3.63) is 35.9 Å². The maximum absolute atomic E-state index is 10.5. The summed E-state index contributed by atoms with van der Waals surface area (Å²) in [6.45, 7) is 2.79. The second-order valence-electron chi connectivity index (χ2n) is 4.57. The third-order valence-corrected chi connectivity index (χ3v) is 3.11. The van der Waals surface area contributed by atoms with Crippen LogP contribution in [0.3, 0.4) is 0 Å². The molecule has 20 heavy (non-hydrogen) atoms. The van der Waals surface area contributed by atoms with E-state index in [9.17, 15) is 5.11 Å². The Morgan fingerprint density at radius 3 is 2.20 bits per heavy atom. The van der Waals surface area contributed by atoms with Gasteiger partial charge in [-0.2, -0.15) is 0 Å². The second kappa shape index (κ2) is 9.85. The summed E-state index contributed by atoms with van der Waals surface area (Å²) >= 11 is 0. The Hall–Kier alpha value is -0.980. The van der Waals surface area contributed by atoms with E-state index in [1.165, 1.54) is 0 Å². The van der Waals surface area contributed by atoms with Gasteiger partial charge >= 0.3 is 0 Å². The molecule has 1 unspecified atom stereocenters. The number of nitrogens with two attached hydrogens (primary N) is 1. The van der Waals surface area contributed by atoms with Crippen molar-refractivity contribution in [3.63, 3.8) is 0 Å². The van der Waals surface area contributed by atoms with Gasteiger partial charge in [0.15, 0.2) is 0 Å². The molecule has 0 spiro atoms. The lowest BCUT2D eigenvalue weighted by Crippen LogP contribution is -2.36. The Morgan fingerprint density at radius 2 is 1.60 bits per heavy atom. The lowest BCUT2D eigenvalue weighted by molar-refractivity contribution is -0.0147. The molecule has 1 atom stereocenters. The zero-order valence-corrected chi connectivity index (χ0v) is 12.1. The van der Waals surface area contributed by atoms with Gasteiger partial charge in [0.1, 0.15) is 5.60 Å². The Kier molecular flexibility index (Phi) is 8.41. The molecule has 3 N–H and O–H groups in total. The molecule has 0 amide bonds. The first kappa shape index (κ1) is 17.1. The summed E-state index contributed by atoms with van der Waals surface area (Å²) in [5.74, 6) is 0. The highest BCUT2D eigenvalue weighted by atomic mass is 16.5. The summed E-state index contributed by atoms with van der Waals surface area (Å²) in [7, 11) is 1.64. The summed E-state index contributed by atoms with van der Waals surface area (Å²) in [5.41, 5.74) is 5.48. The molecule has 0 aliphatic carbocycles. The van der Waals surface area contributed by atoms with Crippen molar-refractivity contribution in [1.29, 1.82) is 0 Å². The highest BCUT2D eigenvalue weighted by Crippen LogP contribution is 2.23. The third-order valence-electron chi connectivity index (χ3n) is 3.11. The molecule has 0 saturated carbocycles. The van der Waals surface area contributed by atoms with Gasteiger partial charge in [0.25, 0.3) is 0 Å². The van der Waals surface area contributed by atoms with Crippen LogP contribution in [0.2, 0.25) is 0 Å². The van der Waals surface area contributed by atoms with Gasteiger partial charge in [0.05, 0.1) is 26.4 Å². The van der Waals surface area contributed by atoms with Crippen molar-refractivity contribution in [3.8, 4) is 0 Å². The topological polar surface area (TPSA) is 73.9 Å². The summed E-state index contributed by atoms with van der Waals surface area (Å²) < 4.78 is 15.6. The molecule has 0 heterocycles. The van der Waals surface area contributed by atoms with Crippen molar-refractivity contribution in [2.45, 2.75) is 12.0 Å². The van der Waals surface area contributed by atoms with Crippen molar-refractivity contribution in [1.82, 2.24) is 0 Å². The number of hydrogen-bond acceptors (Lipinski definition) is 5. The predicted molar refractivity (Wildman–Crippen MR) is 77.5 cm³/mol. The first-order valence-electron chi connectivity index (χ1n) is 6.85. The molecule has 0 saturated heterocycles. The highest BCUT2D eigenvalue weighted by molar-refractivity contribution is 5.22. The van der Waals surface area contributed by atoms with Crippen LogP contribution in [-0.4, -0.2) is 51.8 Å². The van der Waals surface area contributed by atoms with Gasteiger partial charge in [-0.15, -0.1) is 0 Å². The van der Waals surface area contributed by atoms with Gasteiger partial charge in [0.2, 0.25) is 0 Å². The van der Waals surface area contributed by atoms with E-state index < -0.39 is 5.60 Å². The van der Waals surface area contributed by atoms with Crippen LogP contribution in [-0.2, 0) is 19.8 Å². The summed E-state index contributed by atoms with van der Waals surface area (Å²) in [5, 5.41) is 10.5. The van der Waals surface area contributed by atoms with Crippen molar-refractivity contribution < 1.29 is 19.3 Å². The van der Waals surface area contributed by atoms with Crippen LogP contribution in [0.15, 0.2) is 30.3 Å². The summed E-state index contributed by atoms with van der Waals surface area (Å²) in [6, 6.07) is 9.44. The van der Waals surface area contributed by atoms with Crippen molar-refractivity contribution in [2.24, 2.45) is 5.73 Å². The first-order valence-corrected chi connectivity index (χ1v) is 6.85. The van der Waals surface area contributed by atoms with Gasteiger partial charge in [-0.25, -0.2) is 0 Å². The lowest BCUT2D eigenvalue weighted by Gasteiger charge is -2.27. The number of methoxy groups -OCH3 is 1. The van der Waals surface area contributed by atoms with E-state index in [2.05, 4.69) is 0 Å². The molecule has 114 valence electrons. The highest BCUT2D eigenvalue weighted by Gasteiger charge is 2.26. The minimum absolute atomic E-state index is 0.171. The fourth-order valence-corrected chi connectivity index (χ4v) is 1.82. The normalized spacial score (nSPS) is 14.2. The smallest absolute Gasteiger partial charge is 0.104 e. The van der Waals surface area contributed by atoms with E-state index in [0.29, 0.717) is 39.5 Å². The minimum atomic E-state index is -1.03. The molecule has 0 aliphatic heterocycles. The number of rotatable bonds is 11.